The summed E-state index contributed by atoms with van der Waals surface area (Å²) >= 11 is 0. The van der Waals surface area contributed by atoms with Crippen LogP contribution in [0.4, 0.5) is 5.69 Å². The molecule has 2 atom stereocenters. The van der Waals surface area contributed by atoms with Gasteiger partial charge in [0.15, 0.2) is 0 Å². The molecule has 0 heterocycles. The number of amides is 1. The van der Waals surface area contributed by atoms with E-state index >= 15 is 0 Å². The maximum Gasteiger partial charge on any atom is 0.307 e. The molecule has 6 nitrogen and oxygen atoms in total. The quantitative estimate of drug-likeness (QED) is 0.714. The van der Waals surface area contributed by atoms with Crippen molar-refractivity contribution in [2.75, 3.05) is 25.1 Å². The molecule has 1 aliphatic rings. The van der Waals surface area contributed by atoms with E-state index in [-0.39, 0.29) is 5.91 Å². The van der Waals surface area contributed by atoms with Gasteiger partial charge in [0, 0.05) is 12.3 Å². The summed E-state index contributed by atoms with van der Waals surface area (Å²) in [7, 11) is 0. The minimum absolute atomic E-state index is 0.216. The topological polar surface area (TPSA) is 84.9 Å². The van der Waals surface area contributed by atoms with Crippen LogP contribution >= 0.6 is 0 Å². The van der Waals surface area contributed by atoms with Gasteiger partial charge in [0.05, 0.1) is 18.4 Å². The lowest BCUT2D eigenvalue weighted by molar-refractivity contribution is -0.147. The Hall–Kier alpha value is -2.08. The Morgan fingerprint density at radius 3 is 2.42 bits per heavy atom. The summed E-state index contributed by atoms with van der Waals surface area (Å²) in [5.41, 5.74) is 0.645. The minimum atomic E-state index is -0.882. The molecule has 2 rings (SSSR count). The van der Waals surface area contributed by atoms with Crippen LogP contribution in [0.1, 0.15) is 32.6 Å². The van der Waals surface area contributed by atoms with Crippen molar-refractivity contribution < 1.29 is 24.2 Å². The van der Waals surface area contributed by atoms with Crippen molar-refractivity contribution in [3.05, 3.63) is 24.3 Å². The molecule has 2 N–H and O–H groups in total. The van der Waals surface area contributed by atoms with Crippen LogP contribution in [0, 0.1) is 11.8 Å². The smallest absolute Gasteiger partial charge is 0.307 e. The standard InChI is InChI=1S/C18H25NO5/c1-2-23-11-12-24-14-9-7-13(8-10-14)19-17(20)15-5-3-4-6-16(15)18(21)22/h7-10,15-16H,2-6,11-12H2,1H3,(H,19,20)(H,21,22)/t15-,16-/m1/s1. The molecule has 6 heteroatoms. The highest BCUT2D eigenvalue weighted by molar-refractivity contribution is 5.95. The second-order valence-electron chi connectivity index (χ2n) is 5.89. The van der Waals surface area contributed by atoms with E-state index in [1.165, 1.54) is 0 Å². The number of hydrogen-bond donors (Lipinski definition) is 2. The molecule has 0 bridgehead atoms. The van der Waals surface area contributed by atoms with E-state index in [9.17, 15) is 14.7 Å². The number of carboxylic acid groups (broad SMARTS) is 1. The second-order valence-corrected chi connectivity index (χ2v) is 5.89. The summed E-state index contributed by atoms with van der Waals surface area (Å²) in [5.74, 6) is -1.44. The number of ether oxygens (including phenoxy) is 2. The van der Waals surface area contributed by atoms with Crippen LogP contribution in [0.25, 0.3) is 0 Å². The van der Waals surface area contributed by atoms with E-state index < -0.39 is 17.8 Å². The van der Waals surface area contributed by atoms with Crippen LogP contribution in [-0.4, -0.2) is 36.8 Å². The first-order chi connectivity index (χ1) is 11.6. The van der Waals surface area contributed by atoms with Crippen molar-refractivity contribution in [2.24, 2.45) is 11.8 Å². The van der Waals surface area contributed by atoms with Gasteiger partial charge in [-0.05, 0) is 44.0 Å². The number of anilines is 1. The lowest BCUT2D eigenvalue weighted by Gasteiger charge is -2.27. The van der Waals surface area contributed by atoms with Crippen molar-refractivity contribution in [3.63, 3.8) is 0 Å². The predicted octanol–water partition coefficient (Wildman–Crippen LogP) is 2.93. The van der Waals surface area contributed by atoms with Crippen molar-refractivity contribution in [2.45, 2.75) is 32.6 Å². The molecular weight excluding hydrogens is 310 g/mol. The third-order valence-electron chi connectivity index (χ3n) is 4.24. The fourth-order valence-electron chi connectivity index (χ4n) is 2.97. The summed E-state index contributed by atoms with van der Waals surface area (Å²) in [6.45, 7) is 3.60. The van der Waals surface area contributed by atoms with Crippen molar-refractivity contribution in [3.8, 4) is 5.75 Å². The van der Waals surface area contributed by atoms with E-state index in [1.54, 1.807) is 24.3 Å². The van der Waals surface area contributed by atoms with E-state index in [0.29, 0.717) is 44.1 Å². The van der Waals surface area contributed by atoms with Gasteiger partial charge in [0.2, 0.25) is 5.91 Å². The molecule has 1 saturated carbocycles. The van der Waals surface area contributed by atoms with Crippen molar-refractivity contribution in [1.29, 1.82) is 0 Å². The fourth-order valence-corrected chi connectivity index (χ4v) is 2.97. The Morgan fingerprint density at radius 2 is 1.79 bits per heavy atom. The lowest BCUT2D eigenvalue weighted by atomic mass is 9.78. The Bertz CT molecular complexity index is 543. The minimum Gasteiger partial charge on any atom is -0.491 e. The van der Waals surface area contributed by atoms with Crippen LogP contribution < -0.4 is 10.1 Å². The molecule has 24 heavy (non-hydrogen) atoms. The molecule has 0 saturated heterocycles. The SMILES string of the molecule is CCOCCOc1ccc(NC(=O)[C@@H]2CCCC[C@H]2C(=O)O)cc1. The first kappa shape index (κ1) is 18.3. The number of carbonyl (C=O) groups is 2. The third-order valence-corrected chi connectivity index (χ3v) is 4.24. The molecule has 0 radical (unpaired) electrons. The van der Waals surface area contributed by atoms with Gasteiger partial charge in [-0.1, -0.05) is 12.8 Å². The first-order valence-corrected chi connectivity index (χ1v) is 8.46. The highest BCUT2D eigenvalue weighted by Gasteiger charge is 2.35. The third kappa shape index (κ3) is 5.23. The average molecular weight is 335 g/mol. The fraction of sp³-hybridized carbons (Fsp3) is 0.556. The van der Waals surface area contributed by atoms with Crippen molar-refractivity contribution >= 4 is 17.6 Å². The zero-order chi connectivity index (χ0) is 17.4. The number of rotatable bonds is 8. The number of aliphatic carboxylic acids is 1. The molecule has 0 aromatic heterocycles. The normalized spacial score (nSPS) is 20.4. The van der Waals surface area contributed by atoms with E-state index in [2.05, 4.69) is 5.32 Å². The summed E-state index contributed by atoms with van der Waals surface area (Å²) in [6, 6.07) is 7.06. The lowest BCUT2D eigenvalue weighted by Crippen LogP contribution is -2.36. The Labute approximate surface area is 142 Å². The summed E-state index contributed by atoms with van der Waals surface area (Å²) < 4.78 is 10.7. The van der Waals surface area contributed by atoms with Crippen LogP contribution in [0.3, 0.4) is 0 Å². The molecule has 1 aromatic rings. The summed E-state index contributed by atoms with van der Waals surface area (Å²) in [5, 5.41) is 12.1. The van der Waals surface area contributed by atoms with Gasteiger partial charge in [-0.3, -0.25) is 9.59 Å². The van der Waals surface area contributed by atoms with E-state index in [1.807, 2.05) is 6.92 Å². The van der Waals surface area contributed by atoms with Crippen molar-refractivity contribution in [1.82, 2.24) is 0 Å². The zero-order valence-corrected chi connectivity index (χ0v) is 14.0. The van der Waals surface area contributed by atoms with Gasteiger partial charge >= 0.3 is 5.97 Å². The molecule has 1 amide bonds. The van der Waals surface area contributed by atoms with Gasteiger partial charge in [0.25, 0.3) is 0 Å². The molecule has 0 spiro atoms. The molecule has 1 fully saturated rings. The van der Waals surface area contributed by atoms with Crippen LogP contribution in [0.2, 0.25) is 0 Å². The molecule has 1 aliphatic carbocycles. The van der Waals surface area contributed by atoms with Gasteiger partial charge in [-0.15, -0.1) is 0 Å². The maximum absolute atomic E-state index is 12.4. The van der Waals surface area contributed by atoms with Gasteiger partial charge < -0.3 is 19.9 Å². The maximum atomic E-state index is 12.4. The molecular formula is C18H25NO5. The summed E-state index contributed by atoms with van der Waals surface area (Å²) in [4.78, 5) is 23.7. The monoisotopic (exact) mass is 335 g/mol. The average Bonchev–Trinajstić information content (AvgIpc) is 2.60. The van der Waals surface area contributed by atoms with E-state index in [0.717, 1.165) is 12.8 Å². The van der Waals surface area contributed by atoms with Crippen LogP contribution in [-0.2, 0) is 14.3 Å². The molecule has 0 unspecified atom stereocenters. The number of benzene rings is 1. The summed E-state index contributed by atoms with van der Waals surface area (Å²) in [6.07, 6.45) is 2.96. The van der Waals surface area contributed by atoms with Gasteiger partial charge in [0.1, 0.15) is 12.4 Å². The van der Waals surface area contributed by atoms with Crippen LogP contribution in [0.5, 0.6) is 5.75 Å². The van der Waals surface area contributed by atoms with Crippen LogP contribution in [0.15, 0.2) is 24.3 Å². The predicted molar refractivity (Wildman–Crippen MR) is 90.1 cm³/mol. The first-order valence-electron chi connectivity index (χ1n) is 8.46. The Morgan fingerprint density at radius 1 is 1.12 bits per heavy atom. The molecule has 0 aliphatic heterocycles. The number of carbonyl (C=O) groups excluding carboxylic acids is 1. The van der Waals surface area contributed by atoms with Gasteiger partial charge in [-0.25, -0.2) is 0 Å². The number of carboxylic acids is 1. The van der Waals surface area contributed by atoms with Gasteiger partial charge in [-0.2, -0.15) is 0 Å². The number of hydrogen-bond acceptors (Lipinski definition) is 4. The largest absolute Gasteiger partial charge is 0.491 e. The Kier molecular flexibility index (Phi) is 7.06. The molecule has 132 valence electrons. The highest BCUT2D eigenvalue weighted by atomic mass is 16.5. The second kappa shape index (κ2) is 9.27. The van der Waals surface area contributed by atoms with E-state index in [4.69, 9.17) is 9.47 Å². The Balaban J connectivity index is 1.88. The zero-order valence-electron chi connectivity index (χ0n) is 14.0. The number of nitrogens with one attached hydrogen (secondary N) is 1. The molecule has 1 aromatic carbocycles. The highest BCUT2D eigenvalue weighted by Crippen LogP contribution is 2.31.